The summed E-state index contributed by atoms with van der Waals surface area (Å²) in [6, 6.07) is 10.5. The van der Waals surface area contributed by atoms with E-state index in [1.807, 2.05) is 24.7 Å². The summed E-state index contributed by atoms with van der Waals surface area (Å²) in [6.07, 6.45) is 9.72. The van der Waals surface area contributed by atoms with Crippen molar-refractivity contribution in [3.63, 3.8) is 0 Å². The highest BCUT2D eigenvalue weighted by Crippen LogP contribution is 2.39. The average Bonchev–Trinajstić information content (AvgIpc) is 2.98. The van der Waals surface area contributed by atoms with Crippen molar-refractivity contribution in [2.75, 3.05) is 26.2 Å². The molecule has 1 atom stereocenters. The molecule has 0 N–H and O–H groups in total. The molecule has 2 fully saturated rings. The third kappa shape index (κ3) is 3.65. The molecule has 0 unspecified atom stereocenters. The van der Waals surface area contributed by atoms with Crippen LogP contribution in [0.5, 0.6) is 0 Å². The summed E-state index contributed by atoms with van der Waals surface area (Å²) in [5.41, 5.74) is 3.06. The first-order valence-corrected chi connectivity index (χ1v) is 9.05. The van der Waals surface area contributed by atoms with Gasteiger partial charge in [0.2, 0.25) is 0 Å². The summed E-state index contributed by atoms with van der Waals surface area (Å²) in [4.78, 5) is 13.9. The van der Waals surface area contributed by atoms with E-state index in [2.05, 4.69) is 44.0 Å². The largest absolute Gasteiger partial charge is 0.298 e. The third-order valence-corrected chi connectivity index (χ3v) is 5.53. The zero-order chi connectivity index (χ0) is 16.2. The van der Waals surface area contributed by atoms with Crippen molar-refractivity contribution in [2.45, 2.75) is 32.4 Å². The molecule has 0 amide bonds. The quantitative estimate of drug-likeness (QED) is 0.866. The molecule has 126 valence electrons. The van der Waals surface area contributed by atoms with E-state index in [9.17, 15) is 0 Å². The van der Waals surface area contributed by atoms with Crippen LogP contribution in [0.25, 0.3) is 0 Å². The maximum atomic E-state index is 4.50. The summed E-state index contributed by atoms with van der Waals surface area (Å²) in [5, 5.41) is 0. The van der Waals surface area contributed by atoms with Crippen LogP contribution < -0.4 is 0 Å². The molecule has 4 nitrogen and oxygen atoms in total. The maximum absolute atomic E-state index is 4.50. The van der Waals surface area contributed by atoms with Crippen molar-refractivity contribution < 1.29 is 0 Å². The lowest BCUT2D eigenvalue weighted by Gasteiger charge is -2.40. The molecule has 2 aromatic rings. The van der Waals surface area contributed by atoms with Gasteiger partial charge in [-0.1, -0.05) is 6.07 Å². The van der Waals surface area contributed by atoms with Gasteiger partial charge >= 0.3 is 0 Å². The first-order valence-electron chi connectivity index (χ1n) is 9.05. The van der Waals surface area contributed by atoms with Crippen LogP contribution in [0.4, 0.5) is 0 Å². The van der Waals surface area contributed by atoms with Gasteiger partial charge in [-0.15, -0.1) is 0 Å². The van der Waals surface area contributed by atoms with Gasteiger partial charge in [0.25, 0.3) is 0 Å². The summed E-state index contributed by atoms with van der Waals surface area (Å²) in [7, 11) is 0. The fourth-order valence-corrected chi connectivity index (χ4v) is 4.41. The monoisotopic (exact) mass is 322 g/mol. The zero-order valence-corrected chi connectivity index (χ0v) is 14.3. The number of pyridine rings is 2. The Bertz CT molecular complexity index is 645. The van der Waals surface area contributed by atoms with Gasteiger partial charge < -0.3 is 0 Å². The van der Waals surface area contributed by atoms with E-state index < -0.39 is 0 Å². The number of piperidine rings is 1. The molecule has 2 aliphatic heterocycles. The van der Waals surface area contributed by atoms with Crippen molar-refractivity contribution in [1.29, 1.82) is 0 Å². The highest BCUT2D eigenvalue weighted by atomic mass is 15.2. The lowest BCUT2D eigenvalue weighted by atomic mass is 9.79. The molecular weight excluding hydrogens is 296 g/mol. The third-order valence-electron chi connectivity index (χ3n) is 5.53. The SMILES string of the molecule is c1ccc(CN2CCC[C@]3(CCN(Cc4ccncc4)C3)C2)nc1. The summed E-state index contributed by atoms with van der Waals surface area (Å²) in [6.45, 7) is 6.93. The highest BCUT2D eigenvalue weighted by Gasteiger charge is 2.41. The van der Waals surface area contributed by atoms with E-state index in [-0.39, 0.29) is 0 Å². The molecule has 2 aromatic heterocycles. The first kappa shape index (κ1) is 15.7. The van der Waals surface area contributed by atoms with E-state index in [0.717, 1.165) is 13.1 Å². The van der Waals surface area contributed by atoms with E-state index in [1.165, 1.54) is 56.7 Å². The van der Waals surface area contributed by atoms with Crippen LogP contribution >= 0.6 is 0 Å². The van der Waals surface area contributed by atoms with Crippen molar-refractivity contribution >= 4 is 0 Å². The van der Waals surface area contributed by atoms with Crippen molar-refractivity contribution in [2.24, 2.45) is 5.41 Å². The second-order valence-electron chi connectivity index (χ2n) is 7.45. The summed E-state index contributed by atoms with van der Waals surface area (Å²) in [5.74, 6) is 0. The van der Waals surface area contributed by atoms with Crippen molar-refractivity contribution in [1.82, 2.24) is 19.8 Å². The highest BCUT2D eigenvalue weighted by molar-refractivity contribution is 5.10. The predicted octanol–water partition coefficient (Wildman–Crippen LogP) is 2.96. The van der Waals surface area contributed by atoms with Crippen LogP contribution in [0.3, 0.4) is 0 Å². The Kier molecular flexibility index (Phi) is 4.58. The second-order valence-corrected chi connectivity index (χ2v) is 7.45. The maximum Gasteiger partial charge on any atom is 0.0543 e. The molecule has 2 aliphatic rings. The van der Waals surface area contributed by atoms with Gasteiger partial charge in [-0.2, -0.15) is 0 Å². The molecule has 2 saturated heterocycles. The van der Waals surface area contributed by atoms with Crippen LogP contribution in [-0.4, -0.2) is 45.9 Å². The van der Waals surface area contributed by atoms with Gasteiger partial charge in [0, 0.05) is 44.8 Å². The lowest BCUT2D eigenvalue weighted by Crippen LogP contribution is -2.44. The first-order chi connectivity index (χ1) is 11.8. The molecule has 1 spiro atoms. The molecule has 0 saturated carbocycles. The van der Waals surface area contributed by atoms with Crippen LogP contribution in [0, 0.1) is 5.41 Å². The van der Waals surface area contributed by atoms with Crippen LogP contribution in [0.15, 0.2) is 48.9 Å². The minimum Gasteiger partial charge on any atom is -0.298 e. The number of rotatable bonds is 4. The number of hydrogen-bond donors (Lipinski definition) is 0. The van der Waals surface area contributed by atoms with Gasteiger partial charge in [-0.25, -0.2) is 0 Å². The Hall–Kier alpha value is -1.78. The molecule has 0 aliphatic carbocycles. The molecule has 0 bridgehead atoms. The number of aromatic nitrogens is 2. The molecule has 4 heteroatoms. The van der Waals surface area contributed by atoms with E-state index >= 15 is 0 Å². The second kappa shape index (κ2) is 6.99. The Morgan fingerprint density at radius 3 is 2.50 bits per heavy atom. The van der Waals surface area contributed by atoms with Crippen LogP contribution in [-0.2, 0) is 13.1 Å². The number of likely N-dealkylation sites (tertiary alicyclic amines) is 2. The van der Waals surface area contributed by atoms with Crippen molar-refractivity contribution in [3.8, 4) is 0 Å². The standard InChI is InChI=1S/C20H26N4/c1-2-9-22-19(4-1)15-23-12-3-7-20(16-23)8-13-24(17-20)14-18-5-10-21-11-6-18/h1-2,4-6,9-11H,3,7-8,12-17H2/t20-/m0/s1. The molecular formula is C20H26N4. The minimum atomic E-state index is 0.486. The zero-order valence-electron chi connectivity index (χ0n) is 14.3. The van der Waals surface area contributed by atoms with E-state index in [4.69, 9.17) is 0 Å². The van der Waals surface area contributed by atoms with Gasteiger partial charge in [0.15, 0.2) is 0 Å². The fraction of sp³-hybridized carbons (Fsp3) is 0.500. The average molecular weight is 322 g/mol. The lowest BCUT2D eigenvalue weighted by molar-refractivity contribution is 0.0857. The van der Waals surface area contributed by atoms with Gasteiger partial charge in [-0.3, -0.25) is 19.8 Å². The molecule has 0 aromatic carbocycles. The number of nitrogens with zero attached hydrogens (tertiary/aromatic N) is 4. The van der Waals surface area contributed by atoms with E-state index in [1.54, 1.807) is 0 Å². The van der Waals surface area contributed by atoms with Crippen LogP contribution in [0.2, 0.25) is 0 Å². The molecule has 0 radical (unpaired) electrons. The Morgan fingerprint density at radius 1 is 0.875 bits per heavy atom. The van der Waals surface area contributed by atoms with Crippen molar-refractivity contribution in [3.05, 3.63) is 60.2 Å². The summed E-state index contributed by atoms with van der Waals surface area (Å²) < 4.78 is 0. The smallest absolute Gasteiger partial charge is 0.0543 e. The van der Waals surface area contributed by atoms with Crippen LogP contribution in [0.1, 0.15) is 30.5 Å². The summed E-state index contributed by atoms with van der Waals surface area (Å²) >= 11 is 0. The van der Waals surface area contributed by atoms with Gasteiger partial charge in [0.05, 0.1) is 5.69 Å². The predicted molar refractivity (Wildman–Crippen MR) is 95.3 cm³/mol. The normalized spacial score (nSPS) is 25.3. The molecule has 4 heterocycles. The Morgan fingerprint density at radius 2 is 1.71 bits per heavy atom. The Balaban J connectivity index is 1.37. The minimum absolute atomic E-state index is 0.486. The topological polar surface area (TPSA) is 32.3 Å². The molecule has 24 heavy (non-hydrogen) atoms. The van der Waals surface area contributed by atoms with E-state index in [0.29, 0.717) is 5.41 Å². The van der Waals surface area contributed by atoms with Gasteiger partial charge in [0.1, 0.15) is 0 Å². The number of hydrogen-bond acceptors (Lipinski definition) is 4. The fourth-order valence-electron chi connectivity index (χ4n) is 4.41. The van der Waals surface area contributed by atoms with Gasteiger partial charge in [-0.05, 0) is 67.6 Å². The molecule has 4 rings (SSSR count). The Labute approximate surface area is 144 Å².